The normalized spacial score (nSPS) is 18.9. The van der Waals surface area contributed by atoms with Crippen LogP contribution < -0.4 is 0 Å². The Kier molecular flexibility index (Phi) is 4.47. The summed E-state index contributed by atoms with van der Waals surface area (Å²) in [5, 5.41) is 0. The standard InChI is InChI=1S/C15H21NO4/c1-4-19-15(18)12-6-5-7-16(9-12)14(17)13-8-10(2)20-11(13)3/h8,12H,4-7,9H2,1-3H3. The minimum atomic E-state index is -0.207. The predicted octanol–water partition coefficient (Wildman–Crippen LogP) is 2.31. The molecule has 0 aliphatic carbocycles. The van der Waals surface area contributed by atoms with Crippen molar-refractivity contribution in [3.63, 3.8) is 0 Å². The number of amides is 1. The summed E-state index contributed by atoms with van der Waals surface area (Å²) in [5.74, 6) is 0.884. The topological polar surface area (TPSA) is 59.8 Å². The molecule has 0 N–H and O–H groups in total. The molecule has 1 atom stereocenters. The van der Waals surface area contributed by atoms with E-state index in [0.29, 0.717) is 31.0 Å². The number of nitrogens with zero attached hydrogens (tertiary/aromatic N) is 1. The second kappa shape index (κ2) is 6.11. The van der Waals surface area contributed by atoms with Gasteiger partial charge in [-0.2, -0.15) is 0 Å². The van der Waals surface area contributed by atoms with Gasteiger partial charge in [0.1, 0.15) is 11.5 Å². The fourth-order valence-electron chi connectivity index (χ4n) is 2.63. The second-order valence-corrected chi connectivity index (χ2v) is 5.17. The first-order valence-electron chi connectivity index (χ1n) is 7.05. The van der Waals surface area contributed by atoms with Crippen LogP contribution in [0.1, 0.15) is 41.6 Å². The molecule has 1 aromatic rings. The highest BCUT2D eigenvalue weighted by Gasteiger charge is 2.30. The molecule has 1 amide bonds. The zero-order valence-corrected chi connectivity index (χ0v) is 12.3. The van der Waals surface area contributed by atoms with Crippen molar-refractivity contribution in [2.24, 2.45) is 5.92 Å². The van der Waals surface area contributed by atoms with Crippen molar-refractivity contribution in [2.45, 2.75) is 33.6 Å². The molecule has 0 spiro atoms. The molecule has 0 aromatic carbocycles. The Morgan fingerprint density at radius 3 is 2.80 bits per heavy atom. The van der Waals surface area contributed by atoms with E-state index >= 15 is 0 Å². The Hall–Kier alpha value is -1.78. The summed E-state index contributed by atoms with van der Waals surface area (Å²) in [5.41, 5.74) is 0.590. The first kappa shape index (κ1) is 14.6. The van der Waals surface area contributed by atoms with E-state index in [-0.39, 0.29) is 17.8 Å². The van der Waals surface area contributed by atoms with Gasteiger partial charge < -0.3 is 14.1 Å². The maximum Gasteiger partial charge on any atom is 0.310 e. The van der Waals surface area contributed by atoms with Gasteiger partial charge in [0.25, 0.3) is 5.91 Å². The average Bonchev–Trinajstić information content (AvgIpc) is 2.77. The van der Waals surface area contributed by atoms with Crippen molar-refractivity contribution >= 4 is 11.9 Å². The minimum absolute atomic E-state index is 0.0617. The number of piperidine rings is 1. The average molecular weight is 279 g/mol. The van der Waals surface area contributed by atoms with E-state index in [1.54, 1.807) is 24.8 Å². The van der Waals surface area contributed by atoms with Crippen LogP contribution in [0.25, 0.3) is 0 Å². The molecule has 1 saturated heterocycles. The lowest BCUT2D eigenvalue weighted by atomic mass is 9.97. The molecule has 0 bridgehead atoms. The van der Waals surface area contributed by atoms with E-state index < -0.39 is 0 Å². The summed E-state index contributed by atoms with van der Waals surface area (Å²) in [4.78, 5) is 26.0. The fourth-order valence-corrected chi connectivity index (χ4v) is 2.63. The van der Waals surface area contributed by atoms with Gasteiger partial charge in [0.05, 0.1) is 18.1 Å². The lowest BCUT2D eigenvalue weighted by Crippen LogP contribution is -2.42. The quantitative estimate of drug-likeness (QED) is 0.797. The molecule has 1 fully saturated rings. The lowest BCUT2D eigenvalue weighted by molar-refractivity contribution is -0.149. The summed E-state index contributed by atoms with van der Waals surface area (Å²) < 4.78 is 10.4. The summed E-state index contributed by atoms with van der Waals surface area (Å²) >= 11 is 0. The molecular formula is C15H21NO4. The molecule has 0 saturated carbocycles. The lowest BCUT2D eigenvalue weighted by Gasteiger charge is -2.31. The van der Waals surface area contributed by atoms with Crippen LogP contribution in [0.5, 0.6) is 0 Å². The Bertz CT molecular complexity index is 506. The molecule has 1 aromatic heterocycles. The molecular weight excluding hydrogens is 258 g/mol. The van der Waals surface area contributed by atoms with Crippen molar-refractivity contribution in [3.8, 4) is 0 Å². The van der Waals surface area contributed by atoms with E-state index in [0.717, 1.165) is 18.6 Å². The number of ether oxygens (including phenoxy) is 1. The number of hydrogen-bond acceptors (Lipinski definition) is 4. The third-order valence-electron chi connectivity index (χ3n) is 3.60. The van der Waals surface area contributed by atoms with Gasteiger partial charge >= 0.3 is 5.97 Å². The van der Waals surface area contributed by atoms with Crippen molar-refractivity contribution in [3.05, 3.63) is 23.2 Å². The Labute approximate surface area is 118 Å². The molecule has 5 heteroatoms. The molecule has 1 unspecified atom stereocenters. The van der Waals surface area contributed by atoms with E-state index in [9.17, 15) is 9.59 Å². The van der Waals surface area contributed by atoms with Gasteiger partial charge in [-0.25, -0.2) is 0 Å². The highest BCUT2D eigenvalue weighted by Crippen LogP contribution is 2.22. The van der Waals surface area contributed by atoms with Crippen LogP contribution in [0.15, 0.2) is 10.5 Å². The van der Waals surface area contributed by atoms with Crippen LogP contribution in [0.3, 0.4) is 0 Å². The summed E-state index contributed by atoms with van der Waals surface area (Å²) in [6.45, 7) is 6.89. The fraction of sp³-hybridized carbons (Fsp3) is 0.600. The minimum Gasteiger partial charge on any atom is -0.466 e. The van der Waals surface area contributed by atoms with E-state index in [2.05, 4.69) is 0 Å². The van der Waals surface area contributed by atoms with Crippen molar-refractivity contribution in [1.29, 1.82) is 0 Å². The zero-order valence-electron chi connectivity index (χ0n) is 12.3. The van der Waals surface area contributed by atoms with Gasteiger partial charge in [-0.3, -0.25) is 9.59 Å². The first-order chi connectivity index (χ1) is 9.52. The highest BCUT2D eigenvalue weighted by atomic mass is 16.5. The molecule has 5 nitrogen and oxygen atoms in total. The first-order valence-corrected chi connectivity index (χ1v) is 7.05. The number of aryl methyl sites for hydroxylation is 2. The van der Waals surface area contributed by atoms with Crippen molar-refractivity contribution < 1.29 is 18.7 Å². The Balaban J connectivity index is 2.07. The van der Waals surface area contributed by atoms with Gasteiger partial charge in [0, 0.05) is 13.1 Å². The molecule has 2 heterocycles. The van der Waals surface area contributed by atoms with Gasteiger partial charge in [0.2, 0.25) is 0 Å². The highest BCUT2D eigenvalue weighted by molar-refractivity contribution is 5.95. The number of carbonyl (C=O) groups excluding carboxylic acids is 2. The third kappa shape index (κ3) is 3.03. The second-order valence-electron chi connectivity index (χ2n) is 5.17. The van der Waals surface area contributed by atoms with Crippen LogP contribution in [-0.4, -0.2) is 36.5 Å². The predicted molar refractivity (Wildman–Crippen MR) is 73.4 cm³/mol. The SMILES string of the molecule is CCOC(=O)C1CCCN(C(=O)c2cc(C)oc2C)C1. The van der Waals surface area contributed by atoms with E-state index in [1.807, 2.05) is 6.92 Å². The summed E-state index contributed by atoms with van der Waals surface area (Å²) in [7, 11) is 0. The Morgan fingerprint density at radius 1 is 1.45 bits per heavy atom. The smallest absolute Gasteiger partial charge is 0.310 e. The van der Waals surface area contributed by atoms with Crippen LogP contribution >= 0.6 is 0 Å². The number of likely N-dealkylation sites (tertiary alicyclic amines) is 1. The number of furan rings is 1. The van der Waals surface area contributed by atoms with Gasteiger partial charge in [-0.15, -0.1) is 0 Å². The molecule has 2 rings (SSSR count). The molecule has 1 aliphatic heterocycles. The zero-order chi connectivity index (χ0) is 14.7. The summed E-state index contributed by atoms with van der Waals surface area (Å²) in [6, 6.07) is 1.76. The summed E-state index contributed by atoms with van der Waals surface area (Å²) in [6.07, 6.45) is 1.61. The van der Waals surface area contributed by atoms with Crippen LogP contribution in [-0.2, 0) is 9.53 Å². The van der Waals surface area contributed by atoms with Crippen LogP contribution in [0.4, 0.5) is 0 Å². The van der Waals surface area contributed by atoms with Gasteiger partial charge in [-0.1, -0.05) is 0 Å². The molecule has 0 radical (unpaired) electrons. The Morgan fingerprint density at radius 2 is 2.20 bits per heavy atom. The number of rotatable bonds is 3. The van der Waals surface area contributed by atoms with Gasteiger partial charge in [0.15, 0.2) is 0 Å². The molecule has 110 valence electrons. The molecule has 1 aliphatic rings. The molecule has 20 heavy (non-hydrogen) atoms. The van der Waals surface area contributed by atoms with Gasteiger partial charge in [-0.05, 0) is 39.7 Å². The van der Waals surface area contributed by atoms with E-state index in [4.69, 9.17) is 9.15 Å². The van der Waals surface area contributed by atoms with Crippen LogP contribution in [0, 0.1) is 19.8 Å². The number of esters is 1. The number of hydrogen-bond donors (Lipinski definition) is 0. The van der Waals surface area contributed by atoms with Crippen molar-refractivity contribution in [1.82, 2.24) is 4.90 Å². The largest absolute Gasteiger partial charge is 0.466 e. The maximum absolute atomic E-state index is 12.5. The van der Waals surface area contributed by atoms with Crippen LogP contribution in [0.2, 0.25) is 0 Å². The monoisotopic (exact) mass is 279 g/mol. The maximum atomic E-state index is 12.5. The number of carbonyl (C=O) groups is 2. The third-order valence-corrected chi connectivity index (χ3v) is 3.60. The van der Waals surface area contributed by atoms with E-state index in [1.165, 1.54) is 0 Å². The van der Waals surface area contributed by atoms with Crippen molar-refractivity contribution in [2.75, 3.05) is 19.7 Å².